The van der Waals surface area contributed by atoms with Crippen LogP contribution in [0.4, 0.5) is 0 Å². The van der Waals surface area contributed by atoms with Gasteiger partial charge in [-0.25, -0.2) is 10.1 Å². The fourth-order valence-electron chi connectivity index (χ4n) is 3.19. The van der Waals surface area contributed by atoms with Gasteiger partial charge in [-0.15, -0.1) is 0 Å². The number of nitrogens with zero attached hydrogens (tertiary/aromatic N) is 3. The molecule has 31 heavy (non-hydrogen) atoms. The lowest BCUT2D eigenvalue weighted by molar-refractivity contribution is -0.645. The smallest absolute Gasteiger partial charge is 0.301 e. The van der Waals surface area contributed by atoms with Crippen molar-refractivity contribution in [2.45, 2.75) is 57.0 Å². The lowest BCUT2D eigenvalue weighted by atomic mass is 9.85. The van der Waals surface area contributed by atoms with Crippen LogP contribution in [-0.4, -0.2) is 52.1 Å². The van der Waals surface area contributed by atoms with E-state index in [0.29, 0.717) is 19.3 Å². The number of aliphatic imine (C=N–C) groups is 1. The van der Waals surface area contributed by atoms with E-state index < -0.39 is 28.3 Å². The van der Waals surface area contributed by atoms with Crippen molar-refractivity contribution in [3.05, 3.63) is 46.0 Å². The van der Waals surface area contributed by atoms with Crippen molar-refractivity contribution in [3.8, 4) is 0 Å². The SMILES string of the molecule is C[C@H](N)C(=O)N([N+](=O)[O-])[C@](C=O)(CCCN=C(N)N)C(=O)CCCCc1ccccc1. The summed E-state index contributed by atoms with van der Waals surface area (Å²) >= 11 is 0. The summed E-state index contributed by atoms with van der Waals surface area (Å²) in [4.78, 5) is 53.0. The molecule has 0 saturated heterocycles. The second-order valence-electron chi connectivity index (χ2n) is 7.24. The summed E-state index contributed by atoms with van der Waals surface area (Å²) in [6, 6.07) is 8.35. The summed E-state index contributed by atoms with van der Waals surface area (Å²) in [7, 11) is 0. The van der Waals surface area contributed by atoms with Crippen molar-refractivity contribution in [1.82, 2.24) is 5.01 Å². The van der Waals surface area contributed by atoms with Crippen LogP contribution in [0, 0.1) is 10.1 Å². The van der Waals surface area contributed by atoms with E-state index in [1.165, 1.54) is 6.92 Å². The Morgan fingerprint density at radius 3 is 2.39 bits per heavy atom. The zero-order valence-corrected chi connectivity index (χ0v) is 17.6. The minimum atomic E-state index is -2.28. The second-order valence-corrected chi connectivity index (χ2v) is 7.24. The van der Waals surface area contributed by atoms with Crippen molar-refractivity contribution < 1.29 is 19.4 Å². The van der Waals surface area contributed by atoms with Gasteiger partial charge >= 0.3 is 5.91 Å². The lowest BCUT2D eigenvalue weighted by Crippen LogP contribution is -2.63. The van der Waals surface area contributed by atoms with Crippen LogP contribution in [0.3, 0.4) is 0 Å². The van der Waals surface area contributed by atoms with E-state index in [-0.39, 0.29) is 43.1 Å². The third-order valence-corrected chi connectivity index (χ3v) is 4.79. The van der Waals surface area contributed by atoms with E-state index in [4.69, 9.17) is 17.2 Å². The molecule has 0 unspecified atom stereocenters. The van der Waals surface area contributed by atoms with E-state index in [0.717, 1.165) is 5.56 Å². The van der Waals surface area contributed by atoms with Crippen molar-refractivity contribution in [2.75, 3.05) is 6.54 Å². The zero-order valence-electron chi connectivity index (χ0n) is 17.6. The number of aryl methyl sites for hydroxylation is 1. The first-order chi connectivity index (χ1) is 14.7. The van der Waals surface area contributed by atoms with Crippen molar-refractivity contribution in [2.24, 2.45) is 22.2 Å². The first-order valence-corrected chi connectivity index (χ1v) is 9.98. The van der Waals surface area contributed by atoms with Crippen LogP contribution < -0.4 is 17.2 Å². The van der Waals surface area contributed by atoms with E-state index in [1.807, 2.05) is 30.3 Å². The van der Waals surface area contributed by atoms with Crippen LogP contribution in [-0.2, 0) is 20.8 Å². The fourth-order valence-corrected chi connectivity index (χ4v) is 3.19. The molecule has 0 saturated carbocycles. The third-order valence-electron chi connectivity index (χ3n) is 4.79. The van der Waals surface area contributed by atoms with Crippen LogP contribution in [0.1, 0.15) is 44.6 Å². The molecule has 1 aromatic rings. The monoisotopic (exact) mass is 434 g/mol. The number of ketones is 1. The Labute approximate surface area is 180 Å². The molecule has 0 aromatic heterocycles. The normalized spacial score (nSPS) is 13.5. The highest BCUT2D eigenvalue weighted by atomic mass is 16.7. The van der Waals surface area contributed by atoms with E-state index in [1.54, 1.807) is 0 Å². The molecule has 1 amide bonds. The van der Waals surface area contributed by atoms with Gasteiger partial charge in [-0.1, -0.05) is 30.3 Å². The summed E-state index contributed by atoms with van der Waals surface area (Å²) in [5, 5.41) is 10.7. The van der Waals surface area contributed by atoms with E-state index in [9.17, 15) is 24.5 Å². The number of hydrazine groups is 1. The van der Waals surface area contributed by atoms with Gasteiger partial charge in [0.2, 0.25) is 5.54 Å². The Balaban J connectivity index is 3.03. The molecule has 0 spiro atoms. The molecule has 0 bridgehead atoms. The number of unbranched alkanes of at least 4 members (excludes halogenated alkanes) is 1. The molecule has 11 nitrogen and oxygen atoms in total. The van der Waals surface area contributed by atoms with Gasteiger partial charge in [0.15, 0.2) is 23.1 Å². The molecular formula is C20H30N6O5. The highest BCUT2D eigenvalue weighted by molar-refractivity contribution is 6.05. The molecule has 1 rings (SSSR count). The van der Waals surface area contributed by atoms with Crippen molar-refractivity contribution in [3.63, 3.8) is 0 Å². The topological polar surface area (TPSA) is 188 Å². The van der Waals surface area contributed by atoms with Crippen LogP contribution in [0.15, 0.2) is 35.3 Å². The quantitative estimate of drug-likeness (QED) is 0.0710. The van der Waals surface area contributed by atoms with Gasteiger partial charge in [0, 0.05) is 13.0 Å². The molecule has 170 valence electrons. The minimum absolute atomic E-state index is 0.0388. The Kier molecular flexibility index (Phi) is 10.3. The summed E-state index contributed by atoms with van der Waals surface area (Å²) in [5.74, 6) is -2.04. The van der Waals surface area contributed by atoms with Gasteiger partial charge in [0.25, 0.3) is 0 Å². The number of rotatable bonds is 14. The molecular weight excluding hydrogens is 404 g/mol. The molecule has 2 atom stereocenters. The molecule has 11 heteroatoms. The van der Waals surface area contributed by atoms with Gasteiger partial charge in [-0.3, -0.25) is 19.4 Å². The average molecular weight is 434 g/mol. The summed E-state index contributed by atoms with van der Waals surface area (Å²) in [5.41, 5.74) is 14.9. The summed E-state index contributed by atoms with van der Waals surface area (Å²) in [6.45, 7) is 1.29. The number of nitrogens with two attached hydrogens (primary N) is 3. The van der Waals surface area contributed by atoms with Gasteiger partial charge in [-0.05, 0) is 49.6 Å². The van der Waals surface area contributed by atoms with Gasteiger partial charge in [0.1, 0.15) is 0 Å². The Hall–Kier alpha value is -3.34. The molecule has 0 aliphatic heterocycles. The number of carbonyl (C=O) groups is 3. The van der Waals surface area contributed by atoms with Crippen LogP contribution in [0.25, 0.3) is 0 Å². The van der Waals surface area contributed by atoms with Crippen LogP contribution >= 0.6 is 0 Å². The maximum atomic E-state index is 13.1. The maximum Gasteiger partial charge on any atom is 0.301 e. The number of carbonyl (C=O) groups excluding carboxylic acids is 3. The Morgan fingerprint density at radius 2 is 1.87 bits per heavy atom. The predicted octanol–water partition coefficient (Wildman–Crippen LogP) is 0.327. The summed E-state index contributed by atoms with van der Waals surface area (Å²) < 4.78 is 0. The van der Waals surface area contributed by atoms with Crippen LogP contribution in [0.2, 0.25) is 0 Å². The second kappa shape index (κ2) is 12.4. The van der Waals surface area contributed by atoms with E-state index >= 15 is 0 Å². The number of aldehydes is 1. The van der Waals surface area contributed by atoms with Crippen molar-refractivity contribution >= 4 is 23.9 Å². The third kappa shape index (κ3) is 7.45. The predicted molar refractivity (Wildman–Crippen MR) is 115 cm³/mol. The first-order valence-electron chi connectivity index (χ1n) is 9.98. The molecule has 0 radical (unpaired) electrons. The number of hydrogen-bond acceptors (Lipinski definition) is 7. The molecule has 0 aliphatic carbocycles. The van der Waals surface area contributed by atoms with Crippen molar-refractivity contribution in [1.29, 1.82) is 0 Å². The number of benzene rings is 1. The molecule has 1 aromatic carbocycles. The number of guanidine groups is 1. The minimum Gasteiger partial charge on any atom is -0.370 e. The largest absolute Gasteiger partial charge is 0.370 e. The highest BCUT2D eigenvalue weighted by Gasteiger charge is 2.53. The molecule has 6 N–H and O–H groups in total. The summed E-state index contributed by atoms with van der Waals surface area (Å²) in [6.07, 6.45) is 1.57. The number of nitro groups is 1. The lowest BCUT2D eigenvalue weighted by Gasteiger charge is -2.31. The van der Waals surface area contributed by atoms with E-state index in [2.05, 4.69) is 4.99 Å². The van der Waals surface area contributed by atoms with Crippen LogP contribution in [0.5, 0.6) is 0 Å². The number of amides is 1. The van der Waals surface area contributed by atoms with Gasteiger partial charge in [-0.2, -0.15) is 0 Å². The fraction of sp³-hybridized carbons (Fsp3) is 0.500. The van der Waals surface area contributed by atoms with Gasteiger partial charge < -0.3 is 17.2 Å². The maximum absolute atomic E-state index is 13.1. The molecule has 0 aliphatic rings. The number of Topliss-reactive ketones (excluding diaryl/α,β-unsaturated/α-hetero) is 1. The standard InChI is InChI=1S/C20H30N6O5/c1-15(21)18(29)25(26(30)31)20(14-27,12-7-13-24-19(22)23)17(28)11-6-5-10-16-8-3-2-4-9-16/h2-4,8-9,14-15H,5-7,10-13,21H2,1H3,(H4,22,23,24)/t15-,20-/m0/s1. The zero-order chi connectivity index (χ0) is 23.4. The highest BCUT2D eigenvalue weighted by Crippen LogP contribution is 2.25. The first kappa shape index (κ1) is 25.7. The molecule has 0 heterocycles. The Morgan fingerprint density at radius 1 is 1.23 bits per heavy atom. The Bertz CT molecular complexity index is 795. The average Bonchev–Trinajstić information content (AvgIpc) is 2.73. The number of hydrogen-bond donors (Lipinski definition) is 3. The molecule has 0 fully saturated rings. The van der Waals surface area contributed by atoms with Gasteiger partial charge in [0.05, 0.1) is 6.04 Å².